The van der Waals surface area contributed by atoms with Crippen LogP contribution in [0.2, 0.25) is 0 Å². The second-order valence-electron chi connectivity index (χ2n) is 11.2. The summed E-state index contributed by atoms with van der Waals surface area (Å²) in [4.78, 5) is 40.3. The van der Waals surface area contributed by atoms with Crippen LogP contribution in [0.1, 0.15) is 115 Å². The Hall–Kier alpha value is -3.47. The van der Waals surface area contributed by atoms with Crippen molar-refractivity contribution >= 4 is 40.1 Å². The van der Waals surface area contributed by atoms with Gasteiger partial charge in [-0.25, -0.2) is 15.0 Å². The van der Waals surface area contributed by atoms with Crippen LogP contribution < -0.4 is 0 Å². The Labute approximate surface area is 227 Å². The highest BCUT2D eigenvalue weighted by Gasteiger charge is 2.28. The van der Waals surface area contributed by atoms with Gasteiger partial charge >= 0.3 is 0 Å². The van der Waals surface area contributed by atoms with Crippen molar-refractivity contribution in [1.82, 2.24) is 0 Å². The topological polar surface area (TPSA) is 71.2 Å². The minimum absolute atomic E-state index is 0.165. The monoisotopic (exact) mass is 511 g/mol. The summed E-state index contributed by atoms with van der Waals surface area (Å²) in [6, 6.07) is 12.5. The third-order valence-corrected chi connectivity index (χ3v) is 6.81. The van der Waals surface area contributed by atoms with Crippen LogP contribution in [0, 0.1) is 0 Å². The predicted octanol–water partition coefficient (Wildman–Crippen LogP) is 8.54. The molecule has 0 aromatic heterocycles. The number of Topliss-reactive ketones (excluding diaryl/α,β-unsaturated/α-hetero) is 2. The Morgan fingerprint density at radius 1 is 0.632 bits per heavy atom. The van der Waals surface area contributed by atoms with Gasteiger partial charge in [-0.3, -0.25) is 9.59 Å². The maximum Gasteiger partial charge on any atom is 0.180 e. The molecular formula is C33H41N3O2. The van der Waals surface area contributed by atoms with Crippen molar-refractivity contribution in [2.24, 2.45) is 15.0 Å². The van der Waals surface area contributed by atoms with Gasteiger partial charge in [0.15, 0.2) is 11.6 Å². The molecule has 0 saturated heterocycles. The summed E-state index contributed by atoms with van der Waals surface area (Å²) in [5, 5.41) is 0. The Morgan fingerprint density at radius 2 is 1.03 bits per heavy atom. The van der Waals surface area contributed by atoms with Gasteiger partial charge in [-0.2, -0.15) is 0 Å². The zero-order valence-corrected chi connectivity index (χ0v) is 24.5. The first-order valence-electron chi connectivity index (χ1n) is 13.6. The van der Waals surface area contributed by atoms with Crippen LogP contribution in [0.3, 0.4) is 0 Å². The summed E-state index contributed by atoms with van der Waals surface area (Å²) < 4.78 is 0. The molecule has 1 aliphatic heterocycles. The first kappa shape index (κ1) is 29.1. The molecule has 0 spiro atoms. The zero-order valence-electron chi connectivity index (χ0n) is 24.5. The minimum atomic E-state index is -0.252. The van der Waals surface area contributed by atoms with E-state index < -0.39 is 0 Å². The second-order valence-corrected chi connectivity index (χ2v) is 11.2. The molecular weight excluding hydrogens is 470 g/mol. The third-order valence-electron chi connectivity index (χ3n) is 6.81. The van der Waals surface area contributed by atoms with Gasteiger partial charge in [-0.05, 0) is 52.0 Å². The van der Waals surface area contributed by atoms with E-state index in [2.05, 4.69) is 96.8 Å². The number of hydrogen-bond acceptors (Lipinski definition) is 5. The van der Waals surface area contributed by atoms with Crippen molar-refractivity contribution in [3.05, 3.63) is 70.4 Å². The number of aliphatic imine (C=N–C) groups is 3. The summed E-state index contributed by atoms with van der Waals surface area (Å²) in [7, 11) is 0. The molecule has 5 heteroatoms. The zero-order chi connectivity index (χ0) is 28.3. The maximum atomic E-state index is 12.9. The molecule has 2 aromatic carbocycles. The minimum Gasteiger partial charge on any atom is -0.293 e. The van der Waals surface area contributed by atoms with E-state index in [0.29, 0.717) is 11.4 Å². The van der Waals surface area contributed by atoms with E-state index in [0.717, 1.165) is 33.6 Å². The molecule has 1 heterocycles. The number of carbonyl (C=O) groups is 2. The number of rotatable bonds is 8. The van der Waals surface area contributed by atoms with Crippen molar-refractivity contribution in [1.29, 1.82) is 0 Å². The summed E-state index contributed by atoms with van der Waals surface area (Å²) in [6.07, 6.45) is 1.68. The fourth-order valence-corrected chi connectivity index (χ4v) is 4.66. The number of ketones is 2. The van der Waals surface area contributed by atoms with Crippen LogP contribution in [0.25, 0.3) is 0 Å². The Kier molecular flexibility index (Phi) is 9.14. The SMILES string of the molecule is CC(=O)C1=CC(=Nc2c(C(C)C)cccc2C(C)C)C(=Nc2c(C(C)C)cccc2C(C)C)C(C(C)=O)=N1. The Morgan fingerprint density at radius 3 is 1.37 bits per heavy atom. The molecule has 200 valence electrons. The van der Waals surface area contributed by atoms with E-state index in [-0.39, 0.29) is 46.6 Å². The molecule has 0 atom stereocenters. The average molecular weight is 512 g/mol. The molecule has 2 aromatic rings. The van der Waals surface area contributed by atoms with Crippen LogP contribution in [0.5, 0.6) is 0 Å². The Bertz CT molecular complexity index is 1320. The number of allylic oxidation sites excluding steroid dienone is 2. The van der Waals surface area contributed by atoms with Gasteiger partial charge in [0.1, 0.15) is 17.1 Å². The lowest BCUT2D eigenvalue weighted by molar-refractivity contribution is -0.113. The number of carbonyl (C=O) groups excluding carboxylic acids is 2. The molecule has 0 N–H and O–H groups in total. The quantitative estimate of drug-likeness (QED) is 0.356. The normalized spacial score (nSPS) is 16.2. The summed E-state index contributed by atoms with van der Waals surface area (Å²) >= 11 is 0. The van der Waals surface area contributed by atoms with Gasteiger partial charge in [0, 0.05) is 13.8 Å². The number of hydrogen-bond donors (Lipinski definition) is 0. The fourth-order valence-electron chi connectivity index (χ4n) is 4.66. The number of benzene rings is 2. The van der Waals surface area contributed by atoms with Crippen molar-refractivity contribution in [3.63, 3.8) is 0 Å². The van der Waals surface area contributed by atoms with Crippen LogP contribution in [0.15, 0.2) is 63.1 Å². The van der Waals surface area contributed by atoms with E-state index in [1.165, 1.54) is 13.8 Å². The van der Waals surface area contributed by atoms with Gasteiger partial charge in [-0.1, -0.05) is 91.8 Å². The first-order valence-corrected chi connectivity index (χ1v) is 13.6. The van der Waals surface area contributed by atoms with E-state index in [1.807, 2.05) is 0 Å². The highest BCUT2D eigenvalue weighted by atomic mass is 16.1. The molecule has 0 amide bonds. The van der Waals surface area contributed by atoms with Gasteiger partial charge in [-0.15, -0.1) is 0 Å². The van der Waals surface area contributed by atoms with Gasteiger partial charge < -0.3 is 0 Å². The van der Waals surface area contributed by atoms with Crippen molar-refractivity contribution in [2.45, 2.75) is 92.9 Å². The molecule has 0 bridgehead atoms. The molecule has 3 rings (SSSR count). The van der Waals surface area contributed by atoms with Crippen LogP contribution in [-0.4, -0.2) is 28.7 Å². The average Bonchev–Trinajstić information content (AvgIpc) is 2.84. The number of nitrogens with zero attached hydrogens (tertiary/aromatic N) is 3. The fraction of sp³-hybridized carbons (Fsp3) is 0.424. The van der Waals surface area contributed by atoms with Crippen LogP contribution in [-0.2, 0) is 9.59 Å². The van der Waals surface area contributed by atoms with Gasteiger partial charge in [0.2, 0.25) is 0 Å². The smallest absolute Gasteiger partial charge is 0.180 e. The number of para-hydroxylation sites is 2. The van der Waals surface area contributed by atoms with Crippen molar-refractivity contribution < 1.29 is 9.59 Å². The van der Waals surface area contributed by atoms with Crippen molar-refractivity contribution in [2.75, 3.05) is 0 Å². The largest absolute Gasteiger partial charge is 0.293 e. The molecule has 0 aliphatic carbocycles. The highest BCUT2D eigenvalue weighted by molar-refractivity contribution is 6.84. The molecule has 1 aliphatic rings. The molecule has 38 heavy (non-hydrogen) atoms. The molecule has 0 fully saturated rings. The van der Waals surface area contributed by atoms with E-state index in [4.69, 9.17) is 9.98 Å². The van der Waals surface area contributed by atoms with Crippen molar-refractivity contribution in [3.8, 4) is 0 Å². The second kappa shape index (κ2) is 11.9. The summed E-state index contributed by atoms with van der Waals surface area (Å²) in [6.45, 7) is 20.1. The molecule has 0 unspecified atom stereocenters. The summed E-state index contributed by atoms with van der Waals surface area (Å²) in [5.74, 6) is 0.464. The Balaban J connectivity index is 2.47. The standard InChI is InChI=1S/C33H41N3O2/c1-18(2)24-13-11-14-25(19(3)4)31(24)35-29-17-28(22(9)37)34-30(23(10)38)33(29)36-32-26(20(5)6)15-12-16-27(32)21(7)8/h11-21H,1-10H3. The van der Waals surface area contributed by atoms with Crippen LogP contribution >= 0.6 is 0 Å². The summed E-state index contributed by atoms with van der Waals surface area (Å²) in [5.41, 5.74) is 7.39. The van der Waals surface area contributed by atoms with E-state index in [1.54, 1.807) is 6.08 Å². The van der Waals surface area contributed by atoms with Gasteiger partial charge in [0.05, 0.1) is 17.1 Å². The van der Waals surface area contributed by atoms with Crippen LogP contribution in [0.4, 0.5) is 11.4 Å². The highest BCUT2D eigenvalue weighted by Crippen LogP contribution is 2.37. The first-order chi connectivity index (χ1) is 17.8. The lowest BCUT2D eigenvalue weighted by atomic mass is 9.91. The van der Waals surface area contributed by atoms with Gasteiger partial charge in [0.25, 0.3) is 0 Å². The van der Waals surface area contributed by atoms with E-state index >= 15 is 0 Å². The molecule has 0 saturated carbocycles. The van der Waals surface area contributed by atoms with E-state index in [9.17, 15) is 9.59 Å². The predicted molar refractivity (Wildman–Crippen MR) is 160 cm³/mol. The third kappa shape index (κ3) is 6.15. The lowest BCUT2D eigenvalue weighted by Crippen LogP contribution is -2.32. The molecule has 0 radical (unpaired) electrons. The molecule has 5 nitrogen and oxygen atoms in total. The maximum absolute atomic E-state index is 12.9. The lowest BCUT2D eigenvalue weighted by Gasteiger charge is -2.21.